The van der Waals surface area contributed by atoms with Gasteiger partial charge in [-0.1, -0.05) is 17.4 Å². The lowest BCUT2D eigenvalue weighted by Gasteiger charge is -2.06. The summed E-state index contributed by atoms with van der Waals surface area (Å²) in [6, 6.07) is 5.79. The second-order valence-electron chi connectivity index (χ2n) is 5.27. The molecule has 2 N–H and O–H groups in total. The van der Waals surface area contributed by atoms with E-state index >= 15 is 0 Å². The molecule has 1 aromatic carbocycles. The zero-order valence-electron chi connectivity index (χ0n) is 12.0. The summed E-state index contributed by atoms with van der Waals surface area (Å²) in [6.45, 7) is 2.11. The van der Waals surface area contributed by atoms with Crippen molar-refractivity contribution in [3.63, 3.8) is 0 Å². The molecule has 2 heterocycles. The highest BCUT2D eigenvalue weighted by atomic mass is 32.1. The van der Waals surface area contributed by atoms with Gasteiger partial charge in [0.25, 0.3) is 0 Å². The van der Waals surface area contributed by atoms with E-state index in [9.17, 15) is 4.79 Å². The molecule has 0 bridgehead atoms. The van der Waals surface area contributed by atoms with Crippen LogP contribution in [0.5, 0.6) is 5.75 Å². The lowest BCUT2D eigenvalue weighted by Crippen LogP contribution is -2.14. The van der Waals surface area contributed by atoms with Crippen LogP contribution in [0.15, 0.2) is 18.2 Å². The van der Waals surface area contributed by atoms with Crippen molar-refractivity contribution in [2.45, 2.75) is 19.3 Å². The Morgan fingerprint density at radius 3 is 3.24 bits per heavy atom. The number of hydrogen-bond acceptors (Lipinski definition) is 5. The molecule has 3 rings (SSSR count). The van der Waals surface area contributed by atoms with E-state index in [-0.39, 0.29) is 5.91 Å². The van der Waals surface area contributed by atoms with Crippen LogP contribution in [0.3, 0.4) is 0 Å². The lowest BCUT2D eigenvalue weighted by molar-refractivity contribution is -0.116. The first-order valence-corrected chi connectivity index (χ1v) is 8.02. The van der Waals surface area contributed by atoms with Gasteiger partial charge in [-0.15, -0.1) is 0 Å². The Balaban J connectivity index is 1.62. The van der Waals surface area contributed by atoms with Crippen molar-refractivity contribution in [1.82, 2.24) is 10.3 Å². The Kier molecular flexibility index (Phi) is 4.36. The summed E-state index contributed by atoms with van der Waals surface area (Å²) in [4.78, 5) is 16.5. The average Bonchev–Trinajstić information content (AvgIpc) is 3.13. The predicted molar refractivity (Wildman–Crippen MR) is 85.0 cm³/mol. The number of nitrogens with one attached hydrogen (secondary N) is 2. The van der Waals surface area contributed by atoms with Crippen molar-refractivity contribution in [2.75, 3.05) is 25.5 Å². The third kappa shape index (κ3) is 3.33. The third-order valence-corrected chi connectivity index (χ3v) is 4.73. The molecule has 1 fully saturated rings. The molecule has 1 atom stereocenters. The first kappa shape index (κ1) is 14.3. The van der Waals surface area contributed by atoms with Crippen LogP contribution in [0, 0.1) is 5.92 Å². The maximum absolute atomic E-state index is 12.0. The van der Waals surface area contributed by atoms with E-state index in [2.05, 4.69) is 15.6 Å². The van der Waals surface area contributed by atoms with Crippen LogP contribution < -0.4 is 15.4 Å². The van der Waals surface area contributed by atoms with Gasteiger partial charge in [-0.2, -0.15) is 0 Å². The summed E-state index contributed by atoms with van der Waals surface area (Å²) in [7, 11) is 1.63. The number of hydrogen-bond donors (Lipinski definition) is 2. The Morgan fingerprint density at radius 2 is 2.48 bits per heavy atom. The number of aromatic nitrogens is 1. The van der Waals surface area contributed by atoms with Crippen molar-refractivity contribution in [2.24, 2.45) is 5.92 Å². The van der Waals surface area contributed by atoms with Crippen LogP contribution in [0.2, 0.25) is 0 Å². The van der Waals surface area contributed by atoms with Crippen molar-refractivity contribution >= 4 is 32.6 Å². The van der Waals surface area contributed by atoms with Gasteiger partial charge < -0.3 is 15.4 Å². The van der Waals surface area contributed by atoms with Crippen molar-refractivity contribution in [1.29, 1.82) is 0 Å². The number of nitrogens with zero attached hydrogens (tertiary/aromatic N) is 1. The van der Waals surface area contributed by atoms with Gasteiger partial charge >= 0.3 is 0 Å². The molecule has 1 amide bonds. The SMILES string of the molecule is COc1cccc2sc(NC(=O)CCC3CCNC3)nc12. The Bertz CT molecular complexity index is 635. The molecule has 5 nitrogen and oxygen atoms in total. The van der Waals surface area contributed by atoms with Gasteiger partial charge in [0.1, 0.15) is 11.3 Å². The molecule has 112 valence electrons. The van der Waals surface area contributed by atoms with E-state index in [1.165, 1.54) is 17.8 Å². The number of benzene rings is 1. The number of carbonyl (C=O) groups is 1. The number of methoxy groups -OCH3 is 1. The van der Waals surface area contributed by atoms with E-state index in [0.29, 0.717) is 17.5 Å². The molecular weight excluding hydrogens is 286 g/mol. The summed E-state index contributed by atoms with van der Waals surface area (Å²) in [5.41, 5.74) is 0.806. The minimum atomic E-state index is 0.0416. The molecule has 1 aliphatic heterocycles. The van der Waals surface area contributed by atoms with Gasteiger partial charge in [0.05, 0.1) is 11.8 Å². The van der Waals surface area contributed by atoms with Crippen LogP contribution in [0.4, 0.5) is 5.13 Å². The van der Waals surface area contributed by atoms with Crippen LogP contribution in [0.1, 0.15) is 19.3 Å². The molecule has 21 heavy (non-hydrogen) atoms. The Morgan fingerprint density at radius 1 is 1.57 bits per heavy atom. The maximum atomic E-state index is 12.0. The number of amides is 1. The molecule has 0 saturated carbocycles. The first-order valence-electron chi connectivity index (χ1n) is 7.20. The van der Waals surface area contributed by atoms with E-state index in [1.54, 1.807) is 7.11 Å². The highest BCUT2D eigenvalue weighted by Gasteiger charge is 2.16. The molecule has 1 aromatic heterocycles. The molecule has 1 aliphatic rings. The smallest absolute Gasteiger partial charge is 0.226 e. The summed E-state index contributed by atoms with van der Waals surface area (Å²) in [6.07, 6.45) is 2.66. The largest absolute Gasteiger partial charge is 0.494 e. The van der Waals surface area contributed by atoms with E-state index in [4.69, 9.17) is 4.74 Å². The molecule has 1 saturated heterocycles. The predicted octanol–water partition coefficient (Wildman–Crippen LogP) is 2.63. The number of para-hydroxylation sites is 1. The summed E-state index contributed by atoms with van der Waals surface area (Å²) in [5.74, 6) is 1.41. The van der Waals surface area contributed by atoms with Gasteiger partial charge in [0.2, 0.25) is 5.91 Å². The fourth-order valence-electron chi connectivity index (χ4n) is 2.62. The number of carbonyl (C=O) groups excluding carboxylic acids is 1. The molecule has 0 radical (unpaired) electrons. The first-order chi connectivity index (χ1) is 10.3. The minimum Gasteiger partial charge on any atom is -0.494 e. The zero-order valence-corrected chi connectivity index (χ0v) is 12.8. The number of fused-ring (bicyclic) bond motifs is 1. The molecule has 6 heteroatoms. The average molecular weight is 305 g/mol. The highest BCUT2D eigenvalue weighted by Crippen LogP contribution is 2.32. The van der Waals surface area contributed by atoms with Gasteiger partial charge in [-0.05, 0) is 44.0 Å². The number of ether oxygens (including phenoxy) is 1. The van der Waals surface area contributed by atoms with E-state index < -0.39 is 0 Å². The molecule has 0 aliphatic carbocycles. The van der Waals surface area contributed by atoms with Crippen molar-refractivity contribution in [3.8, 4) is 5.75 Å². The van der Waals surface area contributed by atoms with E-state index in [1.807, 2.05) is 18.2 Å². The van der Waals surface area contributed by atoms with Crippen molar-refractivity contribution < 1.29 is 9.53 Å². The Labute approximate surface area is 127 Å². The summed E-state index contributed by atoms with van der Waals surface area (Å²) in [5, 5.41) is 6.86. The standard InChI is InChI=1S/C15H19N3O2S/c1-20-11-3-2-4-12-14(11)18-15(21-12)17-13(19)6-5-10-7-8-16-9-10/h2-4,10,16H,5-9H2,1H3,(H,17,18,19). The van der Waals surface area contributed by atoms with E-state index in [0.717, 1.165) is 35.5 Å². The maximum Gasteiger partial charge on any atom is 0.226 e. The molecule has 1 unspecified atom stereocenters. The quantitative estimate of drug-likeness (QED) is 0.891. The second kappa shape index (κ2) is 6.41. The molecular formula is C15H19N3O2S. The topological polar surface area (TPSA) is 63.2 Å². The monoisotopic (exact) mass is 305 g/mol. The highest BCUT2D eigenvalue weighted by molar-refractivity contribution is 7.22. The van der Waals surface area contributed by atoms with Gasteiger partial charge in [-0.25, -0.2) is 4.98 Å². The van der Waals surface area contributed by atoms with Gasteiger partial charge in [-0.3, -0.25) is 4.79 Å². The Hall–Kier alpha value is -1.66. The zero-order chi connectivity index (χ0) is 14.7. The fourth-order valence-corrected chi connectivity index (χ4v) is 3.52. The molecule has 0 spiro atoms. The number of thiazole rings is 1. The van der Waals surface area contributed by atoms with Crippen LogP contribution in [-0.2, 0) is 4.79 Å². The fraction of sp³-hybridized carbons (Fsp3) is 0.467. The van der Waals surface area contributed by atoms with Crippen LogP contribution in [0.25, 0.3) is 10.2 Å². The third-order valence-electron chi connectivity index (χ3n) is 3.79. The van der Waals surface area contributed by atoms with Gasteiger partial charge in [0, 0.05) is 6.42 Å². The van der Waals surface area contributed by atoms with Gasteiger partial charge in [0.15, 0.2) is 5.13 Å². The number of rotatable bonds is 5. The van der Waals surface area contributed by atoms with Crippen LogP contribution in [-0.4, -0.2) is 31.1 Å². The summed E-state index contributed by atoms with van der Waals surface area (Å²) < 4.78 is 6.30. The minimum absolute atomic E-state index is 0.0416. The molecule has 2 aromatic rings. The normalized spacial score (nSPS) is 18.0. The lowest BCUT2D eigenvalue weighted by atomic mass is 10.0. The number of anilines is 1. The van der Waals surface area contributed by atoms with Crippen molar-refractivity contribution in [3.05, 3.63) is 18.2 Å². The summed E-state index contributed by atoms with van der Waals surface area (Å²) >= 11 is 1.48. The van der Waals surface area contributed by atoms with Crippen LogP contribution >= 0.6 is 11.3 Å². The second-order valence-corrected chi connectivity index (χ2v) is 6.30.